The zero-order valence-corrected chi connectivity index (χ0v) is 10.2. The molecule has 0 bridgehead atoms. The van der Waals surface area contributed by atoms with Crippen molar-refractivity contribution >= 4 is 11.4 Å². The molecule has 2 atom stereocenters. The smallest absolute Gasteiger partial charge is 0.0726 e. The maximum Gasteiger partial charge on any atom is 0.0726 e. The molecule has 1 aromatic rings. The van der Waals surface area contributed by atoms with Crippen LogP contribution >= 0.6 is 0 Å². The summed E-state index contributed by atoms with van der Waals surface area (Å²) in [5, 5.41) is 0. The van der Waals surface area contributed by atoms with Crippen molar-refractivity contribution < 1.29 is 4.74 Å². The van der Waals surface area contributed by atoms with Crippen molar-refractivity contribution in [2.45, 2.75) is 33.0 Å². The van der Waals surface area contributed by atoms with Crippen LogP contribution in [0.5, 0.6) is 0 Å². The molecule has 16 heavy (non-hydrogen) atoms. The number of hydrogen-bond acceptors (Lipinski definition) is 3. The Bertz CT molecular complexity index is 368. The van der Waals surface area contributed by atoms with Crippen LogP contribution in [0.15, 0.2) is 18.2 Å². The molecule has 0 radical (unpaired) electrons. The summed E-state index contributed by atoms with van der Waals surface area (Å²) in [4.78, 5) is 2.32. The fraction of sp³-hybridized carbons (Fsp3) is 0.538. The van der Waals surface area contributed by atoms with Crippen LogP contribution in [-0.2, 0) is 4.74 Å². The molecule has 2 rings (SSSR count). The fourth-order valence-corrected chi connectivity index (χ4v) is 2.30. The summed E-state index contributed by atoms with van der Waals surface area (Å²) >= 11 is 0. The second-order valence-corrected chi connectivity index (χ2v) is 4.72. The van der Waals surface area contributed by atoms with Gasteiger partial charge in [-0.25, -0.2) is 0 Å². The monoisotopic (exact) mass is 220 g/mol. The fourth-order valence-electron chi connectivity index (χ4n) is 2.30. The second-order valence-electron chi connectivity index (χ2n) is 4.72. The number of nitrogens with two attached hydrogens (primary N) is 1. The van der Waals surface area contributed by atoms with Crippen LogP contribution in [0.2, 0.25) is 0 Å². The van der Waals surface area contributed by atoms with Gasteiger partial charge in [0.1, 0.15) is 0 Å². The van der Waals surface area contributed by atoms with Gasteiger partial charge < -0.3 is 15.4 Å². The lowest BCUT2D eigenvalue weighted by atomic mass is 10.1. The molecule has 0 saturated carbocycles. The molecule has 1 aliphatic heterocycles. The first-order valence-corrected chi connectivity index (χ1v) is 5.83. The number of hydrogen-bond donors (Lipinski definition) is 1. The normalized spacial score (nSPS) is 25.8. The molecular formula is C13H20N2O. The van der Waals surface area contributed by atoms with Crippen LogP contribution in [0.1, 0.15) is 19.4 Å². The molecule has 0 aliphatic carbocycles. The lowest BCUT2D eigenvalue weighted by molar-refractivity contribution is -0.00517. The number of benzene rings is 1. The van der Waals surface area contributed by atoms with E-state index in [0.717, 1.165) is 24.5 Å². The van der Waals surface area contributed by atoms with Crippen molar-refractivity contribution in [3.8, 4) is 0 Å². The van der Waals surface area contributed by atoms with Gasteiger partial charge in [0.2, 0.25) is 0 Å². The molecule has 3 heteroatoms. The van der Waals surface area contributed by atoms with Gasteiger partial charge in [-0.15, -0.1) is 0 Å². The van der Waals surface area contributed by atoms with Crippen molar-refractivity contribution in [2.75, 3.05) is 23.7 Å². The zero-order chi connectivity index (χ0) is 11.7. The number of aryl methyl sites for hydroxylation is 1. The average Bonchev–Trinajstić information content (AvgIpc) is 2.20. The predicted octanol–water partition coefficient (Wildman–Crippen LogP) is 2.19. The number of rotatable bonds is 1. The van der Waals surface area contributed by atoms with E-state index >= 15 is 0 Å². The Morgan fingerprint density at radius 1 is 1.25 bits per heavy atom. The van der Waals surface area contributed by atoms with E-state index in [9.17, 15) is 0 Å². The number of nitrogen functional groups attached to an aromatic ring is 1. The third kappa shape index (κ3) is 2.30. The summed E-state index contributed by atoms with van der Waals surface area (Å²) in [6, 6.07) is 6.18. The van der Waals surface area contributed by atoms with E-state index in [2.05, 4.69) is 31.7 Å². The maximum atomic E-state index is 6.03. The van der Waals surface area contributed by atoms with Gasteiger partial charge in [-0.3, -0.25) is 0 Å². The lowest BCUT2D eigenvalue weighted by Crippen LogP contribution is -2.45. The molecule has 1 saturated heterocycles. The highest BCUT2D eigenvalue weighted by atomic mass is 16.5. The van der Waals surface area contributed by atoms with Gasteiger partial charge in [-0.05, 0) is 38.5 Å². The molecule has 88 valence electrons. The van der Waals surface area contributed by atoms with Crippen molar-refractivity contribution in [2.24, 2.45) is 0 Å². The maximum absolute atomic E-state index is 6.03. The highest BCUT2D eigenvalue weighted by Gasteiger charge is 2.23. The van der Waals surface area contributed by atoms with Gasteiger partial charge >= 0.3 is 0 Å². The van der Waals surface area contributed by atoms with Crippen LogP contribution in [0.25, 0.3) is 0 Å². The molecule has 1 heterocycles. The van der Waals surface area contributed by atoms with E-state index in [4.69, 9.17) is 10.5 Å². The number of morpholine rings is 1. The SMILES string of the molecule is Cc1ccc(N)c(N2C[C@@H](C)O[C@@H](C)C2)c1. The van der Waals surface area contributed by atoms with Crippen molar-refractivity contribution in [3.63, 3.8) is 0 Å². The van der Waals surface area contributed by atoms with E-state index in [0.29, 0.717) is 0 Å². The van der Waals surface area contributed by atoms with Gasteiger partial charge in [0.15, 0.2) is 0 Å². The largest absolute Gasteiger partial charge is 0.397 e. The summed E-state index contributed by atoms with van der Waals surface area (Å²) in [6.45, 7) is 8.13. The Morgan fingerprint density at radius 2 is 1.88 bits per heavy atom. The predicted molar refractivity (Wildman–Crippen MR) is 67.8 cm³/mol. The van der Waals surface area contributed by atoms with Gasteiger partial charge in [0.05, 0.1) is 23.6 Å². The zero-order valence-electron chi connectivity index (χ0n) is 10.2. The average molecular weight is 220 g/mol. The van der Waals surface area contributed by atoms with Gasteiger partial charge in [-0.2, -0.15) is 0 Å². The first kappa shape index (κ1) is 11.3. The van der Waals surface area contributed by atoms with Gasteiger partial charge in [0.25, 0.3) is 0 Å². The van der Waals surface area contributed by atoms with E-state index in [-0.39, 0.29) is 12.2 Å². The summed E-state index contributed by atoms with van der Waals surface area (Å²) < 4.78 is 5.73. The highest BCUT2D eigenvalue weighted by molar-refractivity contribution is 5.68. The molecule has 3 nitrogen and oxygen atoms in total. The topological polar surface area (TPSA) is 38.5 Å². The quantitative estimate of drug-likeness (QED) is 0.737. The van der Waals surface area contributed by atoms with E-state index in [1.54, 1.807) is 0 Å². The molecule has 0 spiro atoms. The molecule has 2 N–H and O–H groups in total. The number of ether oxygens (including phenoxy) is 1. The van der Waals surface area contributed by atoms with Gasteiger partial charge in [0, 0.05) is 13.1 Å². The minimum Gasteiger partial charge on any atom is -0.397 e. The van der Waals surface area contributed by atoms with Crippen LogP contribution in [-0.4, -0.2) is 25.3 Å². The van der Waals surface area contributed by atoms with Crippen molar-refractivity contribution in [1.29, 1.82) is 0 Å². The lowest BCUT2D eigenvalue weighted by Gasteiger charge is -2.37. The molecule has 0 unspecified atom stereocenters. The van der Waals surface area contributed by atoms with Crippen molar-refractivity contribution in [3.05, 3.63) is 23.8 Å². The molecule has 0 amide bonds. The highest BCUT2D eigenvalue weighted by Crippen LogP contribution is 2.27. The Morgan fingerprint density at radius 3 is 2.50 bits per heavy atom. The second kappa shape index (κ2) is 4.34. The molecule has 1 aromatic carbocycles. The molecule has 1 aliphatic rings. The van der Waals surface area contributed by atoms with E-state index in [1.807, 2.05) is 12.1 Å². The first-order chi connectivity index (χ1) is 7.56. The van der Waals surface area contributed by atoms with Crippen LogP contribution in [0.4, 0.5) is 11.4 Å². The van der Waals surface area contributed by atoms with Gasteiger partial charge in [-0.1, -0.05) is 6.07 Å². The molecule has 0 aromatic heterocycles. The van der Waals surface area contributed by atoms with Crippen LogP contribution in [0.3, 0.4) is 0 Å². The minimum absolute atomic E-state index is 0.267. The third-order valence-electron chi connectivity index (χ3n) is 2.95. The first-order valence-electron chi connectivity index (χ1n) is 5.83. The summed E-state index contributed by atoms with van der Waals surface area (Å²) in [5.41, 5.74) is 9.27. The van der Waals surface area contributed by atoms with E-state index < -0.39 is 0 Å². The Balaban J connectivity index is 2.25. The van der Waals surface area contributed by atoms with Crippen molar-refractivity contribution in [1.82, 2.24) is 0 Å². The summed E-state index contributed by atoms with van der Waals surface area (Å²) in [5.74, 6) is 0. The van der Waals surface area contributed by atoms with Crippen LogP contribution in [0, 0.1) is 6.92 Å². The third-order valence-corrected chi connectivity index (χ3v) is 2.95. The summed E-state index contributed by atoms with van der Waals surface area (Å²) in [7, 11) is 0. The molecular weight excluding hydrogens is 200 g/mol. The number of anilines is 2. The Hall–Kier alpha value is -1.22. The number of nitrogens with zero attached hydrogens (tertiary/aromatic N) is 1. The summed E-state index contributed by atoms with van der Waals surface area (Å²) in [6.07, 6.45) is 0.535. The van der Waals surface area contributed by atoms with E-state index in [1.165, 1.54) is 5.56 Å². The minimum atomic E-state index is 0.267. The Kier molecular flexibility index (Phi) is 3.06. The van der Waals surface area contributed by atoms with Crippen LogP contribution < -0.4 is 10.6 Å². The Labute approximate surface area is 97.2 Å². The standard InChI is InChI=1S/C13H20N2O/c1-9-4-5-12(14)13(6-9)15-7-10(2)16-11(3)8-15/h4-6,10-11H,7-8,14H2,1-3H3/t10-,11+. The molecule has 1 fully saturated rings.